The standard InChI is InChI=1S/C18H22N4O2/c1-13-10-22(11-14(2)21-13)18(23)17-16(4-3-7-20-17)24-12-15-5-8-19-9-6-15/h3-9,13-14,21H,10-12H2,1-2H3. The van der Waals surface area contributed by atoms with Gasteiger partial charge in [0.25, 0.3) is 5.91 Å². The Hall–Kier alpha value is -2.47. The molecule has 0 aliphatic carbocycles. The van der Waals surface area contributed by atoms with Crippen molar-refractivity contribution in [1.29, 1.82) is 0 Å². The Bertz CT molecular complexity index is 682. The highest BCUT2D eigenvalue weighted by Gasteiger charge is 2.28. The van der Waals surface area contributed by atoms with E-state index in [0.29, 0.717) is 31.1 Å². The van der Waals surface area contributed by atoms with Crippen LogP contribution in [0.1, 0.15) is 29.9 Å². The third-order valence-corrected chi connectivity index (χ3v) is 3.96. The van der Waals surface area contributed by atoms with Gasteiger partial charge in [-0.2, -0.15) is 0 Å². The third kappa shape index (κ3) is 3.89. The predicted octanol–water partition coefficient (Wildman–Crippen LogP) is 1.88. The van der Waals surface area contributed by atoms with E-state index in [9.17, 15) is 4.79 Å². The van der Waals surface area contributed by atoms with Crippen molar-refractivity contribution in [2.45, 2.75) is 32.5 Å². The molecule has 0 bridgehead atoms. The number of hydrogen-bond acceptors (Lipinski definition) is 5. The second-order valence-electron chi connectivity index (χ2n) is 6.17. The lowest BCUT2D eigenvalue weighted by atomic mass is 10.1. The summed E-state index contributed by atoms with van der Waals surface area (Å²) in [4.78, 5) is 23.0. The summed E-state index contributed by atoms with van der Waals surface area (Å²) in [6.45, 7) is 5.88. The van der Waals surface area contributed by atoms with Crippen LogP contribution >= 0.6 is 0 Å². The highest BCUT2D eigenvalue weighted by molar-refractivity contribution is 5.95. The Morgan fingerprint density at radius 3 is 2.62 bits per heavy atom. The van der Waals surface area contributed by atoms with E-state index in [4.69, 9.17) is 4.74 Å². The van der Waals surface area contributed by atoms with Crippen LogP contribution in [0.15, 0.2) is 42.9 Å². The molecular weight excluding hydrogens is 304 g/mol. The van der Waals surface area contributed by atoms with Gasteiger partial charge in [-0.05, 0) is 43.7 Å². The molecule has 1 amide bonds. The number of rotatable bonds is 4. The number of piperazine rings is 1. The summed E-state index contributed by atoms with van der Waals surface area (Å²) in [5, 5.41) is 3.43. The molecule has 24 heavy (non-hydrogen) atoms. The molecule has 6 nitrogen and oxygen atoms in total. The van der Waals surface area contributed by atoms with E-state index in [0.717, 1.165) is 5.56 Å². The molecule has 1 fully saturated rings. The first-order valence-electron chi connectivity index (χ1n) is 8.15. The quantitative estimate of drug-likeness (QED) is 0.929. The molecule has 0 spiro atoms. The summed E-state index contributed by atoms with van der Waals surface area (Å²) >= 11 is 0. The summed E-state index contributed by atoms with van der Waals surface area (Å²) < 4.78 is 5.84. The molecule has 0 radical (unpaired) electrons. The zero-order chi connectivity index (χ0) is 16.9. The van der Waals surface area contributed by atoms with Crippen LogP contribution in [0, 0.1) is 0 Å². The van der Waals surface area contributed by atoms with E-state index in [2.05, 4.69) is 29.1 Å². The Labute approximate surface area is 141 Å². The van der Waals surface area contributed by atoms with E-state index in [1.54, 1.807) is 30.7 Å². The predicted molar refractivity (Wildman–Crippen MR) is 90.8 cm³/mol. The average molecular weight is 326 g/mol. The minimum absolute atomic E-state index is 0.0828. The molecule has 2 unspecified atom stereocenters. The molecule has 1 saturated heterocycles. The lowest BCUT2D eigenvalue weighted by molar-refractivity contribution is 0.0662. The minimum Gasteiger partial charge on any atom is -0.486 e. The van der Waals surface area contributed by atoms with Gasteiger partial charge in [-0.15, -0.1) is 0 Å². The number of ether oxygens (including phenoxy) is 1. The molecule has 1 aliphatic rings. The molecule has 0 aromatic carbocycles. The smallest absolute Gasteiger partial charge is 0.276 e. The number of carbonyl (C=O) groups is 1. The first-order chi connectivity index (χ1) is 11.6. The fraction of sp³-hybridized carbons (Fsp3) is 0.389. The first-order valence-corrected chi connectivity index (χ1v) is 8.15. The third-order valence-electron chi connectivity index (χ3n) is 3.96. The van der Waals surface area contributed by atoms with Crippen molar-refractivity contribution >= 4 is 5.91 Å². The van der Waals surface area contributed by atoms with Crippen molar-refractivity contribution in [2.24, 2.45) is 0 Å². The largest absolute Gasteiger partial charge is 0.486 e. The van der Waals surface area contributed by atoms with Crippen LogP contribution in [0.3, 0.4) is 0 Å². The van der Waals surface area contributed by atoms with Gasteiger partial charge in [0.15, 0.2) is 11.4 Å². The Morgan fingerprint density at radius 1 is 1.21 bits per heavy atom. The maximum atomic E-state index is 12.9. The zero-order valence-electron chi connectivity index (χ0n) is 14.0. The van der Waals surface area contributed by atoms with Crippen molar-refractivity contribution in [3.63, 3.8) is 0 Å². The zero-order valence-corrected chi connectivity index (χ0v) is 14.0. The summed E-state index contributed by atoms with van der Waals surface area (Å²) in [5.41, 5.74) is 1.37. The van der Waals surface area contributed by atoms with Crippen molar-refractivity contribution in [1.82, 2.24) is 20.2 Å². The van der Waals surface area contributed by atoms with Crippen molar-refractivity contribution in [2.75, 3.05) is 13.1 Å². The highest BCUT2D eigenvalue weighted by atomic mass is 16.5. The Balaban J connectivity index is 1.74. The van der Waals surface area contributed by atoms with Gasteiger partial charge in [-0.25, -0.2) is 4.98 Å². The van der Waals surface area contributed by atoms with E-state index in [1.165, 1.54) is 0 Å². The van der Waals surface area contributed by atoms with Crippen LogP contribution in [0.25, 0.3) is 0 Å². The number of aromatic nitrogens is 2. The van der Waals surface area contributed by atoms with Gasteiger partial charge in [0.2, 0.25) is 0 Å². The second-order valence-corrected chi connectivity index (χ2v) is 6.17. The van der Waals surface area contributed by atoms with Gasteiger partial charge < -0.3 is 15.0 Å². The number of carbonyl (C=O) groups excluding carboxylic acids is 1. The molecule has 126 valence electrons. The second kappa shape index (κ2) is 7.40. The van der Waals surface area contributed by atoms with Crippen molar-refractivity contribution in [3.05, 3.63) is 54.1 Å². The molecule has 3 rings (SSSR count). The average Bonchev–Trinajstić information content (AvgIpc) is 2.59. The summed E-state index contributed by atoms with van der Waals surface area (Å²) in [6, 6.07) is 7.87. The highest BCUT2D eigenvalue weighted by Crippen LogP contribution is 2.20. The molecule has 2 atom stereocenters. The van der Waals surface area contributed by atoms with Crippen molar-refractivity contribution in [3.8, 4) is 5.75 Å². The van der Waals surface area contributed by atoms with Crippen molar-refractivity contribution < 1.29 is 9.53 Å². The molecule has 0 saturated carbocycles. The maximum Gasteiger partial charge on any atom is 0.276 e. The molecule has 2 aromatic heterocycles. The normalized spacial score (nSPS) is 20.7. The lowest BCUT2D eigenvalue weighted by Gasteiger charge is -2.36. The summed E-state index contributed by atoms with van der Waals surface area (Å²) in [6.07, 6.45) is 5.07. The number of nitrogens with one attached hydrogen (secondary N) is 1. The molecule has 3 heterocycles. The van der Waals surface area contributed by atoms with Gasteiger partial charge in [0, 0.05) is 43.8 Å². The topological polar surface area (TPSA) is 67.4 Å². The monoisotopic (exact) mass is 326 g/mol. The van der Waals surface area contributed by atoms with Crippen LogP contribution in [0.5, 0.6) is 5.75 Å². The Kier molecular flexibility index (Phi) is 5.05. The molecule has 6 heteroatoms. The fourth-order valence-electron chi connectivity index (χ4n) is 2.95. The van der Waals surface area contributed by atoms with Crippen LogP contribution in [-0.4, -0.2) is 45.9 Å². The molecular formula is C18H22N4O2. The van der Waals surface area contributed by atoms with E-state index in [1.807, 2.05) is 17.0 Å². The van der Waals surface area contributed by atoms with Crippen LogP contribution in [-0.2, 0) is 6.61 Å². The minimum atomic E-state index is -0.0828. The van der Waals surface area contributed by atoms with E-state index in [-0.39, 0.29) is 18.0 Å². The number of amides is 1. The van der Waals surface area contributed by atoms with Gasteiger partial charge in [0.05, 0.1) is 0 Å². The van der Waals surface area contributed by atoms with E-state index >= 15 is 0 Å². The van der Waals surface area contributed by atoms with Crippen LogP contribution < -0.4 is 10.1 Å². The van der Waals surface area contributed by atoms with Gasteiger partial charge >= 0.3 is 0 Å². The number of hydrogen-bond donors (Lipinski definition) is 1. The fourth-order valence-corrected chi connectivity index (χ4v) is 2.95. The van der Waals surface area contributed by atoms with Crippen LogP contribution in [0.2, 0.25) is 0 Å². The lowest BCUT2D eigenvalue weighted by Crippen LogP contribution is -2.56. The van der Waals surface area contributed by atoms with Gasteiger partial charge in [-0.1, -0.05) is 0 Å². The molecule has 2 aromatic rings. The first kappa shape index (κ1) is 16.4. The molecule has 1 N–H and O–H groups in total. The van der Waals surface area contributed by atoms with Crippen LogP contribution in [0.4, 0.5) is 0 Å². The summed E-state index contributed by atoms with van der Waals surface area (Å²) in [5.74, 6) is 0.429. The van der Waals surface area contributed by atoms with E-state index < -0.39 is 0 Å². The molecule has 1 aliphatic heterocycles. The Morgan fingerprint density at radius 2 is 1.92 bits per heavy atom. The number of pyridine rings is 2. The SMILES string of the molecule is CC1CN(C(=O)c2ncccc2OCc2ccncc2)CC(C)N1. The van der Waals surface area contributed by atoms with Gasteiger partial charge in [0.1, 0.15) is 6.61 Å². The maximum absolute atomic E-state index is 12.9. The summed E-state index contributed by atoms with van der Waals surface area (Å²) in [7, 11) is 0. The number of nitrogens with zero attached hydrogens (tertiary/aromatic N) is 3. The van der Waals surface area contributed by atoms with Gasteiger partial charge in [-0.3, -0.25) is 9.78 Å².